The van der Waals surface area contributed by atoms with Gasteiger partial charge in [-0.25, -0.2) is 4.79 Å². The Labute approximate surface area is 109 Å². The molecule has 1 aliphatic rings. The van der Waals surface area contributed by atoms with E-state index in [-0.39, 0.29) is 0 Å². The topological polar surface area (TPSA) is 46.5 Å². The van der Waals surface area contributed by atoms with Gasteiger partial charge in [0.2, 0.25) is 5.60 Å². The fourth-order valence-electron chi connectivity index (χ4n) is 2.21. The van der Waals surface area contributed by atoms with Crippen molar-refractivity contribution in [2.75, 3.05) is 0 Å². The number of benzene rings is 1. The van der Waals surface area contributed by atoms with Gasteiger partial charge in [0.25, 0.3) is 0 Å². The SMILES string of the molecule is O=C(O)C1(Oc2ccc(Br)cc2)CCCCC1. The number of halogens is 1. The molecule has 4 heteroatoms. The van der Waals surface area contributed by atoms with Crippen molar-refractivity contribution in [1.29, 1.82) is 0 Å². The molecule has 92 valence electrons. The van der Waals surface area contributed by atoms with Gasteiger partial charge < -0.3 is 9.84 Å². The van der Waals surface area contributed by atoms with Crippen molar-refractivity contribution in [3.05, 3.63) is 28.7 Å². The molecule has 0 heterocycles. The van der Waals surface area contributed by atoms with Crippen LogP contribution in [0.5, 0.6) is 5.75 Å². The molecule has 0 atom stereocenters. The van der Waals surface area contributed by atoms with E-state index in [4.69, 9.17) is 4.74 Å². The zero-order valence-electron chi connectivity index (χ0n) is 9.49. The lowest BCUT2D eigenvalue weighted by Gasteiger charge is -2.33. The van der Waals surface area contributed by atoms with Crippen molar-refractivity contribution in [1.82, 2.24) is 0 Å². The maximum atomic E-state index is 11.4. The number of carbonyl (C=O) groups is 1. The first-order valence-corrected chi connectivity index (χ1v) is 6.60. The number of ether oxygens (including phenoxy) is 1. The number of hydrogen-bond donors (Lipinski definition) is 1. The molecule has 2 rings (SSSR count). The molecular weight excluding hydrogens is 284 g/mol. The Morgan fingerprint density at radius 3 is 2.29 bits per heavy atom. The number of rotatable bonds is 3. The van der Waals surface area contributed by atoms with Gasteiger partial charge in [-0.1, -0.05) is 22.4 Å². The molecular formula is C13H15BrO3. The largest absolute Gasteiger partial charge is 0.478 e. The lowest BCUT2D eigenvalue weighted by Crippen LogP contribution is -2.46. The molecule has 0 radical (unpaired) electrons. The van der Waals surface area contributed by atoms with Crippen molar-refractivity contribution in [2.24, 2.45) is 0 Å². The summed E-state index contributed by atoms with van der Waals surface area (Å²) in [5.74, 6) is -0.224. The Kier molecular flexibility index (Phi) is 3.72. The van der Waals surface area contributed by atoms with Crippen LogP contribution in [0, 0.1) is 0 Å². The Balaban J connectivity index is 2.17. The van der Waals surface area contributed by atoms with Crippen LogP contribution in [0.2, 0.25) is 0 Å². The van der Waals surface area contributed by atoms with Gasteiger partial charge in [0, 0.05) is 4.47 Å². The molecule has 3 nitrogen and oxygen atoms in total. The van der Waals surface area contributed by atoms with Crippen molar-refractivity contribution < 1.29 is 14.6 Å². The molecule has 1 aromatic carbocycles. The second-order valence-corrected chi connectivity index (χ2v) is 5.33. The van der Waals surface area contributed by atoms with E-state index in [0.717, 1.165) is 23.7 Å². The van der Waals surface area contributed by atoms with Crippen molar-refractivity contribution in [3.8, 4) is 5.75 Å². The minimum atomic E-state index is -1.02. The molecule has 0 amide bonds. The molecule has 17 heavy (non-hydrogen) atoms. The summed E-state index contributed by atoms with van der Waals surface area (Å²) in [6, 6.07) is 7.30. The van der Waals surface area contributed by atoms with Gasteiger partial charge in [0.05, 0.1) is 0 Å². The molecule has 1 fully saturated rings. The summed E-state index contributed by atoms with van der Waals surface area (Å²) in [6.07, 6.45) is 4.13. The van der Waals surface area contributed by atoms with Crippen LogP contribution in [-0.4, -0.2) is 16.7 Å². The Morgan fingerprint density at radius 2 is 1.76 bits per heavy atom. The highest BCUT2D eigenvalue weighted by Crippen LogP contribution is 2.33. The van der Waals surface area contributed by atoms with Crippen LogP contribution in [0.1, 0.15) is 32.1 Å². The minimum Gasteiger partial charge on any atom is -0.478 e. The Hall–Kier alpha value is -1.03. The first kappa shape index (κ1) is 12.4. The highest BCUT2D eigenvalue weighted by Gasteiger charge is 2.42. The van der Waals surface area contributed by atoms with Gasteiger partial charge in [0.15, 0.2) is 0 Å². The van der Waals surface area contributed by atoms with Crippen molar-refractivity contribution in [3.63, 3.8) is 0 Å². The molecule has 1 saturated carbocycles. The standard InChI is InChI=1S/C13H15BrO3/c14-10-4-6-11(7-5-10)17-13(12(15)16)8-2-1-3-9-13/h4-7H,1-3,8-9H2,(H,15,16). The second-order valence-electron chi connectivity index (χ2n) is 4.42. The molecule has 0 unspecified atom stereocenters. The predicted molar refractivity (Wildman–Crippen MR) is 68.2 cm³/mol. The van der Waals surface area contributed by atoms with E-state index in [9.17, 15) is 9.90 Å². The van der Waals surface area contributed by atoms with Crippen LogP contribution in [-0.2, 0) is 4.79 Å². The maximum absolute atomic E-state index is 11.4. The smallest absolute Gasteiger partial charge is 0.348 e. The average molecular weight is 299 g/mol. The molecule has 0 spiro atoms. The monoisotopic (exact) mass is 298 g/mol. The van der Waals surface area contributed by atoms with E-state index >= 15 is 0 Å². The van der Waals surface area contributed by atoms with E-state index in [2.05, 4.69) is 15.9 Å². The van der Waals surface area contributed by atoms with Gasteiger partial charge in [-0.15, -0.1) is 0 Å². The summed E-state index contributed by atoms with van der Waals surface area (Å²) >= 11 is 3.34. The number of carboxylic acid groups (broad SMARTS) is 1. The average Bonchev–Trinajstić information content (AvgIpc) is 2.33. The van der Waals surface area contributed by atoms with Gasteiger partial charge in [-0.3, -0.25) is 0 Å². The van der Waals surface area contributed by atoms with Gasteiger partial charge in [0.1, 0.15) is 5.75 Å². The summed E-state index contributed by atoms with van der Waals surface area (Å²) in [4.78, 5) is 11.4. The third-order valence-corrected chi connectivity index (χ3v) is 3.71. The van der Waals surface area contributed by atoms with Crippen LogP contribution >= 0.6 is 15.9 Å². The molecule has 1 aliphatic carbocycles. The first-order chi connectivity index (χ1) is 8.12. The van der Waals surface area contributed by atoms with Crippen LogP contribution in [0.15, 0.2) is 28.7 Å². The number of carboxylic acids is 1. The predicted octanol–water partition coefficient (Wildman–Crippen LogP) is 3.62. The highest BCUT2D eigenvalue weighted by atomic mass is 79.9. The minimum absolute atomic E-state index is 0.596. The van der Waals surface area contributed by atoms with E-state index in [1.165, 1.54) is 0 Å². The summed E-state index contributed by atoms with van der Waals surface area (Å²) in [7, 11) is 0. The summed E-state index contributed by atoms with van der Waals surface area (Å²) in [6.45, 7) is 0. The van der Waals surface area contributed by atoms with Crippen molar-refractivity contribution in [2.45, 2.75) is 37.7 Å². The van der Waals surface area contributed by atoms with E-state index < -0.39 is 11.6 Å². The van der Waals surface area contributed by atoms with Crippen LogP contribution in [0.4, 0.5) is 0 Å². The highest BCUT2D eigenvalue weighted by molar-refractivity contribution is 9.10. The fraction of sp³-hybridized carbons (Fsp3) is 0.462. The fourth-order valence-corrected chi connectivity index (χ4v) is 2.48. The van der Waals surface area contributed by atoms with Gasteiger partial charge in [-0.05, 0) is 49.9 Å². The van der Waals surface area contributed by atoms with Crippen molar-refractivity contribution >= 4 is 21.9 Å². The molecule has 1 aromatic rings. The lowest BCUT2D eigenvalue weighted by molar-refractivity contribution is -0.158. The summed E-state index contributed by atoms with van der Waals surface area (Å²) in [5, 5.41) is 9.37. The molecule has 0 bridgehead atoms. The zero-order valence-corrected chi connectivity index (χ0v) is 11.1. The maximum Gasteiger partial charge on any atom is 0.348 e. The van der Waals surface area contributed by atoms with Gasteiger partial charge >= 0.3 is 5.97 Å². The quantitative estimate of drug-likeness (QED) is 0.927. The third-order valence-electron chi connectivity index (χ3n) is 3.18. The normalized spacial score (nSPS) is 18.6. The van der Waals surface area contributed by atoms with E-state index in [0.29, 0.717) is 18.6 Å². The molecule has 0 saturated heterocycles. The Bertz CT molecular complexity index is 394. The number of hydrogen-bond acceptors (Lipinski definition) is 2. The lowest BCUT2D eigenvalue weighted by atomic mass is 9.84. The van der Waals surface area contributed by atoms with Crippen LogP contribution in [0.3, 0.4) is 0 Å². The van der Waals surface area contributed by atoms with Gasteiger partial charge in [-0.2, -0.15) is 0 Å². The third kappa shape index (κ3) is 2.80. The second kappa shape index (κ2) is 5.08. The van der Waals surface area contributed by atoms with E-state index in [1.807, 2.05) is 12.1 Å². The first-order valence-electron chi connectivity index (χ1n) is 5.80. The van der Waals surface area contributed by atoms with Crippen LogP contribution < -0.4 is 4.74 Å². The number of aliphatic carboxylic acids is 1. The Morgan fingerprint density at radius 1 is 1.18 bits per heavy atom. The zero-order chi connectivity index (χ0) is 12.3. The molecule has 1 N–H and O–H groups in total. The van der Waals surface area contributed by atoms with E-state index in [1.54, 1.807) is 12.1 Å². The summed E-state index contributed by atoms with van der Waals surface area (Å²) < 4.78 is 6.70. The van der Waals surface area contributed by atoms with Crippen LogP contribution in [0.25, 0.3) is 0 Å². The molecule has 0 aliphatic heterocycles. The molecule has 0 aromatic heterocycles. The summed E-state index contributed by atoms with van der Waals surface area (Å²) in [5.41, 5.74) is -1.02.